The lowest BCUT2D eigenvalue weighted by Gasteiger charge is -2.03. The van der Waals surface area contributed by atoms with E-state index in [1.54, 1.807) is 0 Å². The van der Waals surface area contributed by atoms with E-state index >= 15 is 0 Å². The van der Waals surface area contributed by atoms with Crippen molar-refractivity contribution < 1.29 is 8.98 Å². The van der Waals surface area contributed by atoms with Crippen molar-refractivity contribution in [2.24, 2.45) is 0 Å². The molecule has 0 aliphatic carbocycles. The summed E-state index contributed by atoms with van der Waals surface area (Å²) in [6, 6.07) is 17.6. The monoisotopic (exact) mass is 293 g/mol. The fourth-order valence-electron chi connectivity index (χ4n) is 2.39. The van der Waals surface area contributed by atoms with E-state index in [0.717, 1.165) is 23.0 Å². The van der Waals surface area contributed by atoms with Crippen LogP contribution in [0.15, 0.2) is 59.1 Å². The van der Waals surface area contributed by atoms with Crippen LogP contribution in [0, 0.1) is 13.8 Å². The van der Waals surface area contributed by atoms with Crippen molar-refractivity contribution in [3.63, 3.8) is 0 Å². The average Bonchev–Trinajstić information content (AvgIpc) is 2.94. The molecule has 22 heavy (non-hydrogen) atoms. The van der Waals surface area contributed by atoms with Crippen LogP contribution in [0.4, 0.5) is 6.01 Å². The first kappa shape index (κ1) is 14.4. The Morgan fingerprint density at radius 1 is 0.818 bits per heavy atom. The first-order valence-corrected chi connectivity index (χ1v) is 7.41. The van der Waals surface area contributed by atoms with Crippen molar-refractivity contribution in [3.8, 4) is 17.0 Å². The smallest absolute Gasteiger partial charge is 0.387 e. The topological polar surface area (TPSA) is 20.3 Å². The Hall–Kier alpha value is -2.55. The molecule has 0 N–H and O–H groups in total. The Morgan fingerprint density at radius 3 is 1.91 bits per heavy atom. The molecule has 2 aromatic carbocycles. The molecule has 0 radical (unpaired) electrons. The maximum absolute atomic E-state index is 6.08. The van der Waals surface area contributed by atoms with Crippen LogP contribution in [0.1, 0.15) is 11.1 Å². The highest BCUT2D eigenvalue weighted by molar-refractivity contribution is 5.57. The average molecular weight is 293 g/mol. The van der Waals surface area contributed by atoms with E-state index in [1.807, 2.05) is 25.2 Å². The maximum Gasteiger partial charge on any atom is 0.461 e. The highest BCUT2D eigenvalue weighted by Gasteiger charge is 2.22. The second-order valence-electron chi connectivity index (χ2n) is 5.84. The molecule has 1 heterocycles. The number of aromatic nitrogens is 1. The van der Waals surface area contributed by atoms with Gasteiger partial charge in [-0.05, 0) is 26.0 Å². The molecule has 3 nitrogen and oxygen atoms in total. The summed E-state index contributed by atoms with van der Waals surface area (Å²) in [7, 11) is 3.98. The molecule has 0 amide bonds. The molecular formula is C19H21N2O+. The van der Waals surface area contributed by atoms with Crippen LogP contribution in [-0.2, 0) is 0 Å². The summed E-state index contributed by atoms with van der Waals surface area (Å²) in [6.45, 7) is 4.18. The van der Waals surface area contributed by atoms with E-state index in [2.05, 4.69) is 66.9 Å². The zero-order valence-electron chi connectivity index (χ0n) is 13.5. The predicted octanol–water partition coefficient (Wildman–Crippen LogP) is 3.91. The van der Waals surface area contributed by atoms with Crippen LogP contribution in [0.25, 0.3) is 17.0 Å². The van der Waals surface area contributed by atoms with Gasteiger partial charge in [0.05, 0.1) is 14.1 Å². The zero-order valence-corrected chi connectivity index (χ0v) is 13.5. The number of nitrogens with zero attached hydrogens (tertiary/aromatic N) is 2. The van der Waals surface area contributed by atoms with Gasteiger partial charge in [0.1, 0.15) is 11.9 Å². The Kier molecular flexibility index (Phi) is 3.72. The van der Waals surface area contributed by atoms with Gasteiger partial charge >= 0.3 is 6.01 Å². The third kappa shape index (κ3) is 2.75. The molecule has 0 aliphatic rings. The molecule has 0 bridgehead atoms. The molecule has 0 atom stereocenters. The van der Waals surface area contributed by atoms with Gasteiger partial charge in [-0.1, -0.05) is 47.5 Å². The SMILES string of the molecule is Cc1ccc(-c2c[n+](-c3ccc(C)cc3)c(N(C)C)o2)cc1. The highest BCUT2D eigenvalue weighted by atomic mass is 16.4. The molecule has 0 saturated heterocycles. The largest absolute Gasteiger partial charge is 0.461 e. The van der Waals surface area contributed by atoms with Gasteiger partial charge in [0.15, 0.2) is 5.76 Å². The molecule has 3 rings (SSSR count). The summed E-state index contributed by atoms with van der Waals surface area (Å²) in [5, 5.41) is 0. The van der Waals surface area contributed by atoms with Gasteiger partial charge in [-0.3, -0.25) is 0 Å². The van der Waals surface area contributed by atoms with E-state index in [0.29, 0.717) is 0 Å². The molecule has 0 fully saturated rings. The molecule has 0 spiro atoms. The molecule has 112 valence electrons. The Labute approximate surface area is 131 Å². The predicted molar refractivity (Wildman–Crippen MR) is 89.5 cm³/mol. The summed E-state index contributed by atoms with van der Waals surface area (Å²) in [4.78, 5) is 1.98. The molecular weight excluding hydrogens is 272 g/mol. The molecule has 0 saturated carbocycles. The number of rotatable bonds is 3. The van der Waals surface area contributed by atoms with Crippen molar-refractivity contribution in [3.05, 3.63) is 65.9 Å². The Morgan fingerprint density at radius 2 is 1.36 bits per heavy atom. The summed E-state index contributed by atoms with van der Waals surface area (Å²) in [5.74, 6) is 0.865. The van der Waals surface area contributed by atoms with Gasteiger partial charge in [-0.2, -0.15) is 4.57 Å². The third-order valence-electron chi connectivity index (χ3n) is 3.68. The van der Waals surface area contributed by atoms with Crippen molar-refractivity contribution in [2.45, 2.75) is 13.8 Å². The summed E-state index contributed by atoms with van der Waals surface area (Å²) in [6.07, 6.45) is 2.05. The van der Waals surface area contributed by atoms with E-state index in [4.69, 9.17) is 4.42 Å². The van der Waals surface area contributed by atoms with E-state index in [9.17, 15) is 0 Å². The molecule has 0 unspecified atom stereocenters. The quantitative estimate of drug-likeness (QED) is 0.682. The third-order valence-corrected chi connectivity index (χ3v) is 3.68. The molecule has 1 aromatic heterocycles. The summed E-state index contributed by atoms with van der Waals surface area (Å²) >= 11 is 0. The van der Waals surface area contributed by atoms with Gasteiger partial charge in [0.2, 0.25) is 0 Å². The summed E-state index contributed by atoms with van der Waals surface area (Å²) < 4.78 is 8.15. The van der Waals surface area contributed by atoms with E-state index in [1.165, 1.54) is 11.1 Å². The lowest BCUT2D eigenvalue weighted by molar-refractivity contribution is -0.584. The number of oxazole rings is 1. The Bertz CT molecular complexity index is 768. The highest BCUT2D eigenvalue weighted by Crippen LogP contribution is 2.24. The minimum atomic E-state index is 0.805. The number of aryl methyl sites for hydroxylation is 2. The zero-order chi connectivity index (χ0) is 15.7. The number of hydrogen-bond acceptors (Lipinski definition) is 2. The van der Waals surface area contributed by atoms with Gasteiger partial charge in [-0.15, -0.1) is 0 Å². The normalized spacial score (nSPS) is 10.7. The van der Waals surface area contributed by atoms with Crippen LogP contribution in [0.5, 0.6) is 0 Å². The number of benzene rings is 2. The molecule has 0 aliphatic heterocycles. The fraction of sp³-hybridized carbons (Fsp3) is 0.211. The van der Waals surface area contributed by atoms with Gasteiger partial charge in [0, 0.05) is 5.56 Å². The minimum Gasteiger partial charge on any atom is -0.387 e. The minimum absolute atomic E-state index is 0.805. The van der Waals surface area contributed by atoms with Crippen molar-refractivity contribution in [1.29, 1.82) is 0 Å². The van der Waals surface area contributed by atoms with Crippen molar-refractivity contribution >= 4 is 6.01 Å². The molecule has 3 heteroatoms. The lowest BCUT2D eigenvalue weighted by atomic mass is 10.1. The Balaban J connectivity index is 2.09. The van der Waals surface area contributed by atoms with E-state index < -0.39 is 0 Å². The van der Waals surface area contributed by atoms with Crippen molar-refractivity contribution in [2.75, 3.05) is 19.0 Å². The van der Waals surface area contributed by atoms with Gasteiger partial charge in [0.25, 0.3) is 0 Å². The maximum atomic E-state index is 6.08. The molecule has 3 aromatic rings. The standard InChI is InChI=1S/C19H21N2O/c1-14-5-9-16(10-6-14)18-13-21(19(22-18)20(3)4)17-11-7-15(2)8-12-17/h5-13H,1-4H3/q+1. The van der Waals surface area contributed by atoms with Crippen LogP contribution in [-0.4, -0.2) is 14.1 Å². The van der Waals surface area contributed by atoms with Crippen LogP contribution < -0.4 is 9.47 Å². The first-order chi connectivity index (χ1) is 10.5. The lowest BCUT2D eigenvalue weighted by Crippen LogP contribution is -2.34. The first-order valence-electron chi connectivity index (χ1n) is 7.41. The van der Waals surface area contributed by atoms with Crippen LogP contribution in [0.3, 0.4) is 0 Å². The van der Waals surface area contributed by atoms with Gasteiger partial charge in [-0.25, -0.2) is 4.90 Å². The fourth-order valence-corrected chi connectivity index (χ4v) is 2.39. The van der Waals surface area contributed by atoms with Crippen molar-refractivity contribution in [1.82, 2.24) is 0 Å². The summed E-state index contributed by atoms with van der Waals surface area (Å²) in [5.41, 5.74) is 4.67. The second kappa shape index (κ2) is 5.68. The number of hydrogen-bond donors (Lipinski definition) is 0. The van der Waals surface area contributed by atoms with E-state index in [-0.39, 0.29) is 0 Å². The van der Waals surface area contributed by atoms with Crippen LogP contribution in [0.2, 0.25) is 0 Å². The van der Waals surface area contributed by atoms with Gasteiger partial charge < -0.3 is 4.42 Å². The van der Waals surface area contributed by atoms with Crippen LogP contribution >= 0.6 is 0 Å². The second-order valence-corrected chi connectivity index (χ2v) is 5.84. The number of anilines is 1.